The van der Waals surface area contributed by atoms with Crippen LogP contribution >= 0.6 is 0 Å². The number of carboxylic acid groups (broad SMARTS) is 1. The number of methoxy groups -OCH3 is 1. The summed E-state index contributed by atoms with van der Waals surface area (Å²) in [5.41, 5.74) is 0. The zero-order chi connectivity index (χ0) is 11.1. The number of hydrogen-bond acceptors (Lipinski definition) is 4. The van der Waals surface area contributed by atoms with Gasteiger partial charge in [0.1, 0.15) is 6.04 Å². The first-order valence-electron chi connectivity index (χ1n) is 4.04. The van der Waals surface area contributed by atoms with Gasteiger partial charge in [0.2, 0.25) is 5.91 Å². The Kier molecular flexibility index (Phi) is 5.28. The molecule has 0 saturated heterocycles. The number of esters is 1. The fourth-order valence-corrected chi connectivity index (χ4v) is 0.904. The Morgan fingerprint density at radius 3 is 2.36 bits per heavy atom. The quantitative estimate of drug-likeness (QED) is 0.589. The van der Waals surface area contributed by atoms with Crippen molar-refractivity contribution in [1.29, 1.82) is 0 Å². The van der Waals surface area contributed by atoms with Crippen molar-refractivity contribution in [2.75, 3.05) is 7.11 Å². The molecule has 6 nitrogen and oxygen atoms in total. The number of carbonyl (C=O) groups excluding carboxylic acids is 2. The van der Waals surface area contributed by atoms with Crippen molar-refractivity contribution in [2.24, 2.45) is 0 Å². The number of nitrogens with one attached hydrogen (secondary N) is 1. The lowest BCUT2D eigenvalue weighted by Crippen LogP contribution is -2.40. The third-order valence-electron chi connectivity index (χ3n) is 1.51. The van der Waals surface area contributed by atoms with Crippen LogP contribution < -0.4 is 5.32 Å². The van der Waals surface area contributed by atoms with Gasteiger partial charge in [-0.05, 0) is 6.42 Å². The third kappa shape index (κ3) is 5.13. The second-order valence-electron chi connectivity index (χ2n) is 2.71. The molecular weight excluding hydrogens is 190 g/mol. The molecule has 0 radical (unpaired) electrons. The molecule has 0 spiro atoms. The minimum atomic E-state index is -1.02. The minimum absolute atomic E-state index is 0.0294. The van der Waals surface area contributed by atoms with E-state index < -0.39 is 23.9 Å². The summed E-state index contributed by atoms with van der Waals surface area (Å²) >= 11 is 0. The molecule has 6 heteroatoms. The summed E-state index contributed by atoms with van der Waals surface area (Å²) in [6.07, 6.45) is -0.165. The molecule has 1 atom stereocenters. The highest BCUT2D eigenvalue weighted by Gasteiger charge is 2.20. The average molecular weight is 203 g/mol. The van der Waals surface area contributed by atoms with Crippen molar-refractivity contribution < 1.29 is 24.2 Å². The molecule has 0 aliphatic heterocycles. The van der Waals surface area contributed by atoms with Crippen LogP contribution in [0.15, 0.2) is 0 Å². The minimum Gasteiger partial charge on any atom is -0.481 e. The Balaban J connectivity index is 4.17. The maximum Gasteiger partial charge on any atom is 0.328 e. The van der Waals surface area contributed by atoms with Crippen LogP contribution in [-0.2, 0) is 19.1 Å². The topological polar surface area (TPSA) is 92.7 Å². The highest BCUT2D eigenvalue weighted by molar-refractivity contribution is 5.83. The van der Waals surface area contributed by atoms with Crippen LogP contribution in [0.1, 0.15) is 19.8 Å². The summed E-state index contributed by atoms with van der Waals surface area (Å²) in [6, 6.07) is -0.881. The van der Waals surface area contributed by atoms with Crippen LogP contribution in [-0.4, -0.2) is 36.1 Å². The van der Waals surface area contributed by atoms with E-state index in [1.54, 1.807) is 0 Å². The van der Waals surface area contributed by atoms with E-state index in [1.165, 1.54) is 14.0 Å². The number of amides is 1. The lowest BCUT2D eigenvalue weighted by molar-refractivity contribution is -0.145. The van der Waals surface area contributed by atoms with Crippen LogP contribution in [0.2, 0.25) is 0 Å². The number of ether oxygens (including phenoxy) is 1. The predicted octanol–water partition coefficient (Wildman–Crippen LogP) is -0.471. The maximum absolute atomic E-state index is 11.0. The Morgan fingerprint density at radius 1 is 1.43 bits per heavy atom. The number of carbonyl (C=O) groups is 3. The first-order chi connectivity index (χ1) is 6.47. The maximum atomic E-state index is 11.0. The number of carboxylic acids is 1. The van der Waals surface area contributed by atoms with Crippen LogP contribution in [0.5, 0.6) is 0 Å². The molecule has 0 heterocycles. The van der Waals surface area contributed by atoms with E-state index in [1.807, 2.05) is 0 Å². The van der Waals surface area contributed by atoms with Crippen LogP contribution in [0.4, 0.5) is 0 Å². The predicted molar refractivity (Wildman–Crippen MR) is 46.5 cm³/mol. The highest BCUT2D eigenvalue weighted by atomic mass is 16.5. The fraction of sp³-hybridized carbons (Fsp3) is 0.625. The molecule has 80 valence electrons. The smallest absolute Gasteiger partial charge is 0.328 e. The van der Waals surface area contributed by atoms with Gasteiger partial charge in [-0.1, -0.05) is 0 Å². The number of rotatable bonds is 5. The highest BCUT2D eigenvalue weighted by Crippen LogP contribution is 1.99. The molecule has 0 aromatic carbocycles. The Morgan fingerprint density at radius 2 is 2.00 bits per heavy atom. The molecule has 0 aromatic heterocycles. The summed E-state index contributed by atoms with van der Waals surface area (Å²) in [5, 5.41) is 10.7. The number of aliphatic carboxylic acids is 1. The fourth-order valence-electron chi connectivity index (χ4n) is 0.904. The van der Waals surface area contributed by atoms with Crippen molar-refractivity contribution in [3.8, 4) is 0 Å². The summed E-state index contributed by atoms with van der Waals surface area (Å²) in [6.45, 7) is 1.25. The van der Waals surface area contributed by atoms with Gasteiger partial charge in [-0.15, -0.1) is 0 Å². The molecule has 0 aliphatic rings. The second-order valence-corrected chi connectivity index (χ2v) is 2.71. The zero-order valence-electron chi connectivity index (χ0n) is 8.07. The van der Waals surface area contributed by atoms with E-state index in [9.17, 15) is 14.4 Å². The summed E-state index contributed by atoms with van der Waals surface area (Å²) in [5.74, 6) is -2.06. The SMILES string of the molecule is COC(=O)[C@H](CCC(=O)O)NC(C)=O. The van der Waals surface area contributed by atoms with Gasteiger partial charge in [-0.2, -0.15) is 0 Å². The van der Waals surface area contributed by atoms with E-state index in [-0.39, 0.29) is 12.8 Å². The Hall–Kier alpha value is -1.59. The summed E-state index contributed by atoms with van der Waals surface area (Å²) < 4.78 is 4.40. The molecule has 14 heavy (non-hydrogen) atoms. The Labute approximate surface area is 81.2 Å². The van der Waals surface area contributed by atoms with Crippen molar-refractivity contribution in [2.45, 2.75) is 25.8 Å². The van der Waals surface area contributed by atoms with Gasteiger partial charge in [0.15, 0.2) is 0 Å². The van der Waals surface area contributed by atoms with Crippen LogP contribution in [0.25, 0.3) is 0 Å². The first-order valence-corrected chi connectivity index (χ1v) is 4.04. The van der Waals surface area contributed by atoms with Crippen LogP contribution in [0.3, 0.4) is 0 Å². The van der Waals surface area contributed by atoms with Gasteiger partial charge in [0.25, 0.3) is 0 Å². The largest absolute Gasteiger partial charge is 0.481 e. The average Bonchev–Trinajstić information content (AvgIpc) is 2.10. The van der Waals surface area contributed by atoms with Gasteiger partial charge in [-0.25, -0.2) is 4.79 Å². The van der Waals surface area contributed by atoms with Crippen molar-refractivity contribution >= 4 is 17.8 Å². The molecule has 1 amide bonds. The summed E-state index contributed by atoms with van der Waals surface area (Å²) in [4.78, 5) is 31.9. The van der Waals surface area contributed by atoms with Gasteiger partial charge in [0.05, 0.1) is 7.11 Å². The standard InChI is InChI=1S/C8H13NO5/c1-5(10)9-6(8(13)14-2)3-4-7(11)12/h6H,3-4H2,1-2H3,(H,9,10)(H,11,12)/t6-/m0/s1. The van der Waals surface area contributed by atoms with E-state index in [2.05, 4.69) is 10.1 Å². The summed E-state index contributed by atoms with van der Waals surface area (Å²) in [7, 11) is 1.18. The molecule has 0 aliphatic carbocycles. The van der Waals surface area contributed by atoms with E-state index in [4.69, 9.17) is 5.11 Å². The van der Waals surface area contributed by atoms with Gasteiger partial charge in [-0.3, -0.25) is 9.59 Å². The second kappa shape index (κ2) is 5.95. The van der Waals surface area contributed by atoms with Crippen molar-refractivity contribution in [3.05, 3.63) is 0 Å². The van der Waals surface area contributed by atoms with E-state index >= 15 is 0 Å². The normalized spacial score (nSPS) is 11.6. The van der Waals surface area contributed by atoms with E-state index in [0.717, 1.165) is 0 Å². The van der Waals surface area contributed by atoms with Crippen LogP contribution in [0, 0.1) is 0 Å². The lowest BCUT2D eigenvalue weighted by Gasteiger charge is -2.13. The first kappa shape index (κ1) is 12.4. The molecule has 0 rings (SSSR count). The zero-order valence-corrected chi connectivity index (χ0v) is 8.07. The van der Waals surface area contributed by atoms with Gasteiger partial charge in [0, 0.05) is 13.3 Å². The van der Waals surface area contributed by atoms with Gasteiger partial charge < -0.3 is 15.2 Å². The van der Waals surface area contributed by atoms with E-state index in [0.29, 0.717) is 0 Å². The molecule has 0 aromatic rings. The monoisotopic (exact) mass is 203 g/mol. The lowest BCUT2D eigenvalue weighted by atomic mass is 10.1. The molecule has 0 fully saturated rings. The van der Waals surface area contributed by atoms with Crippen molar-refractivity contribution in [1.82, 2.24) is 5.32 Å². The molecule has 0 unspecified atom stereocenters. The molecule has 0 bridgehead atoms. The molecule has 2 N–H and O–H groups in total. The molecule has 0 saturated carbocycles. The Bertz CT molecular complexity index is 238. The third-order valence-corrected chi connectivity index (χ3v) is 1.51. The van der Waals surface area contributed by atoms with Crippen molar-refractivity contribution in [3.63, 3.8) is 0 Å². The number of hydrogen-bond donors (Lipinski definition) is 2. The van der Waals surface area contributed by atoms with Gasteiger partial charge >= 0.3 is 11.9 Å². The molecular formula is C8H13NO5.